The fourth-order valence-electron chi connectivity index (χ4n) is 2.18. The number of aromatic nitrogens is 3. The molecule has 6 N–H and O–H groups in total. The maximum Gasteiger partial charge on any atom is 0.407 e. The minimum absolute atomic E-state index is 0.261. The van der Waals surface area contributed by atoms with Gasteiger partial charge in [-0.1, -0.05) is 0 Å². The molecular formula is C18H33N9O6. The summed E-state index contributed by atoms with van der Waals surface area (Å²) < 4.78 is 14.4. The zero-order chi connectivity index (χ0) is 24.3. The van der Waals surface area contributed by atoms with Crippen LogP contribution in [0.2, 0.25) is 0 Å². The van der Waals surface area contributed by atoms with E-state index in [4.69, 9.17) is 14.2 Å². The van der Waals surface area contributed by atoms with Gasteiger partial charge in [0, 0.05) is 39.3 Å². The van der Waals surface area contributed by atoms with Crippen LogP contribution in [0.4, 0.5) is 32.2 Å². The van der Waals surface area contributed by atoms with E-state index in [9.17, 15) is 14.4 Å². The third-order valence-electron chi connectivity index (χ3n) is 3.49. The summed E-state index contributed by atoms with van der Waals surface area (Å²) in [7, 11) is 0. The molecule has 0 atom stereocenters. The number of nitrogens with zero attached hydrogens (tertiary/aromatic N) is 3. The van der Waals surface area contributed by atoms with E-state index in [0.29, 0.717) is 39.3 Å². The van der Waals surface area contributed by atoms with Crippen molar-refractivity contribution >= 4 is 36.1 Å². The number of carbonyl (C=O) groups excluding carboxylic acids is 3. The summed E-state index contributed by atoms with van der Waals surface area (Å²) in [5.74, 6) is 0.784. The molecule has 15 nitrogen and oxygen atoms in total. The van der Waals surface area contributed by atoms with Crippen LogP contribution in [-0.2, 0) is 14.2 Å². The number of rotatable bonds is 15. The lowest BCUT2D eigenvalue weighted by Crippen LogP contribution is -2.31. The molecular weight excluding hydrogens is 438 g/mol. The van der Waals surface area contributed by atoms with Crippen molar-refractivity contribution in [2.75, 3.05) is 75.0 Å². The maximum atomic E-state index is 11.3. The number of nitrogens with one attached hydrogen (secondary N) is 6. The van der Waals surface area contributed by atoms with Crippen LogP contribution in [-0.4, -0.2) is 92.3 Å². The van der Waals surface area contributed by atoms with Crippen molar-refractivity contribution in [1.82, 2.24) is 30.9 Å². The molecule has 1 aromatic heterocycles. The van der Waals surface area contributed by atoms with Crippen molar-refractivity contribution in [3.63, 3.8) is 0 Å². The Labute approximate surface area is 192 Å². The molecule has 1 rings (SSSR count). The first-order chi connectivity index (χ1) is 16.0. The van der Waals surface area contributed by atoms with Gasteiger partial charge in [-0.3, -0.25) is 0 Å². The second-order valence-corrected chi connectivity index (χ2v) is 6.03. The minimum atomic E-state index is -0.511. The van der Waals surface area contributed by atoms with E-state index >= 15 is 0 Å². The van der Waals surface area contributed by atoms with E-state index in [-0.39, 0.29) is 37.7 Å². The lowest BCUT2D eigenvalue weighted by atomic mass is 10.6. The SMILES string of the molecule is CCOC(=O)NCCNc1nc(NCCNC(=O)OCC)nc(NCCNC(=O)OCC)n1. The molecule has 0 spiro atoms. The molecule has 0 radical (unpaired) electrons. The molecule has 0 saturated carbocycles. The zero-order valence-corrected chi connectivity index (χ0v) is 19.2. The molecule has 1 aromatic rings. The van der Waals surface area contributed by atoms with Crippen LogP contribution in [0.25, 0.3) is 0 Å². The number of anilines is 3. The normalized spacial score (nSPS) is 9.91. The van der Waals surface area contributed by atoms with Crippen molar-refractivity contribution < 1.29 is 28.6 Å². The molecule has 0 aliphatic rings. The summed E-state index contributed by atoms with van der Waals surface area (Å²) in [6.45, 7) is 7.92. The largest absolute Gasteiger partial charge is 0.450 e. The van der Waals surface area contributed by atoms with E-state index < -0.39 is 18.3 Å². The smallest absolute Gasteiger partial charge is 0.407 e. The summed E-state index contributed by atoms with van der Waals surface area (Å²) >= 11 is 0. The monoisotopic (exact) mass is 471 g/mol. The second-order valence-electron chi connectivity index (χ2n) is 6.03. The topological polar surface area (TPSA) is 190 Å². The van der Waals surface area contributed by atoms with Gasteiger partial charge in [-0.05, 0) is 20.8 Å². The fourth-order valence-corrected chi connectivity index (χ4v) is 2.18. The standard InChI is InChI=1S/C18H33N9O6/c1-4-31-16(28)22-10-7-19-13-25-14(20-8-11-23-17(29)32-5-2)27-15(26-13)21-9-12-24-18(30)33-6-3/h4-12H2,1-3H3,(H,22,28)(H,23,29)(H,24,30)(H3,19,20,21,25,26,27). The molecule has 15 heteroatoms. The third kappa shape index (κ3) is 13.3. The Bertz CT molecular complexity index is 630. The fraction of sp³-hybridized carbons (Fsp3) is 0.667. The molecule has 0 bridgehead atoms. The van der Waals surface area contributed by atoms with Crippen LogP contribution in [0.5, 0.6) is 0 Å². The Morgan fingerprint density at radius 1 is 0.545 bits per heavy atom. The molecule has 0 fully saturated rings. The summed E-state index contributed by atoms with van der Waals surface area (Å²) in [5, 5.41) is 16.7. The molecule has 0 unspecified atom stereocenters. The lowest BCUT2D eigenvalue weighted by molar-refractivity contribution is 0.151. The zero-order valence-electron chi connectivity index (χ0n) is 19.2. The number of hydrogen-bond donors (Lipinski definition) is 6. The van der Waals surface area contributed by atoms with Crippen molar-refractivity contribution in [1.29, 1.82) is 0 Å². The quantitative estimate of drug-likeness (QED) is 0.152. The van der Waals surface area contributed by atoms with Gasteiger partial charge < -0.3 is 46.1 Å². The lowest BCUT2D eigenvalue weighted by Gasteiger charge is -2.12. The Kier molecular flexibility index (Phi) is 13.9. The van der Waals surface area contributed by atoms with Crippen LogP contribution in [0.3, 0.4) is 0 Å². The van der Waals surface area contributed by atoms with Crippen LogP contribution in [0.15, 0.2) is 0 Å². The van der Waals surface area contributed by atoms with Crippen LogP contribution < -0.4 is 31.9 Å². The predicted molar refractivity (Wildman–Crippen MR) is 120 cm³/mol. The molecule has 1 heterocycles. The molecule has 3 amide bonds. The average Bonchev–Trinajstić information content (AvgIpc) is 2.78. The highest BCUT2D eigenvalue weighted by molar-refractivity contribution is 5.67. The number of hydrogen-bond acceptors (Lipinski definition) is 12. The minimum Gasteiger partial charge on any atom is -0.450 e. The highest BCUT2D eigenvalue weighted by atomic mass is 16.6. The number of ether oxygens (including phenoxy) is 3. The number of carbonyl (C=O) groups is 3. The Morgan fingerprint density at radius 2 is 0.818 bits per heavy atom. The number of amides is 3. The van der Waals surface area contributed by atoms with Gasteiger partial charge in [0.15, 0.2) is 0 Å². The molecule has 0 aromatic carbocycles. The first-order valence-electron chi connectivity index (χ1n) is 10.7. The highest BCUT2D eigenvalue weighted by Gasteiger charge is 2.08. The summed E-state index contributed by atoms with van der Waals surface area (Å²) in [5.41, 5.74) is 0. The van der Waals surface area contributed by atoms with Gasteiger partial charge >= 0.3 is 18.3 Å². The van der Waals surface area contributed by atoms with Gasteiger partial charge in [-0.25, -0.2) is 14.4 Å². The summed E-state index contributed by atoms with van der Waals surface area (Å²) in [6, 6.07) is 0. The van der Waals surface area contributed by atoms with Crippen LogP contribution in [0, 0.1) is 0 Å². The highest BCUT2D eigenvalue weighted by Crippen LogP contribution is 2.08. The Morgan fingerprint density at radius 3 is 1.06 bits per heavy atom. The van der Waals surface area contributed by atoms with Crippen LogP contribution >= 0.6 is 0 Å². The predicted octanol–water partition coefficient (Wildman–Crippen LogP) is 0.346. The molecule has 0 aliphatic heterocycles. The first-order valence-corrected chi connectivity index (χ1v) is 10.7. The Hall–Kier alpha value is -3.78. The van der Waals surface area contributed by atoms with Gasteiger partial charge in [0.1, 0.15) is 0 Å². The van der Waals surface area contributed by atoms with E-state index in [1.54, 1.807) is 20.8 Å². The average molecular weight is 472 g/mol. The third-order valence-corrected chi connectivity index (χ3v) is 3.49. The van der Waals surface area contributed by atoms with E-state index in [2.05, 4.69) is 46.9 Å². The molecule has 0 saturated heterocycles. The van der Waals surface area contributed by atoms with E-state index in [0.717, 1.165) is 0 Å². The molecule has 186 valence electrons. The van der Waals surface area contributed by atoms with Crippen molar-refractivity contribution in [2.24, 2.45) is 0 Å². The summed E-state index contributed by atoms with van der Waals surface area (Å²) in [6.07, 6.45) is -1.53. The van der Waals surface area contributed by atoms with Gasteiger partial charge in [-0.2, -0.15) is 15.0 Å². The van der Waals surface area contributed by atoms with Gasteiger partial charge in [0.2, 0.25) is 17.8 Å². The van der Waals surface area contributed by atoms with E-state index in [1.807, 2.05) is 0 Å². The van der Waals surface area contributed by atoms with E-state index in [1.165, 1.54) is 0 Å². The van der Waals surface area contributed by atoms with Gasteiger partial charge in [0.05, 0.1) is 19.8 Å². The maximum absolute atomic E-state index is 11.3. The van der Waals surface area contributed by atoms with Crippen molar-refractivity contribution in [3.8, 4) is 0 Å². The summed E-state index contributed by atoms with van der Waals surface area (Å²) in [4.78, 5) is 46.8. The molecule has 33 heavy (non-hydrogen) atoms. The molecule has 0 aliphatic carbocycles. The van der Waals surface area contributed by atoms with Gasteiger partial charge in [-0.15, -0.1) is 0 Å². The van der Waals surface area contributed by atoms with Crippen molar-refractivity contribution in [3.05, 3.63) is 0 Å². The van der Waals surface area contributed by atoms with Crippen LogP contribution in [0.1, 0.15) is 20.8 Å². The Balaban J connectivity index is 2.61. The second kappa shape index (κ2) is 16.9. The van der Waals surface area contributed by atoms with Gasteiger partial charge in [0.25, 0.3) is 0 Å². The van der Waals surface area contributed by atoms with Crippen molar-refractivity contribution in [2.45, 2.75) is 20.8 Å². The number of alkyl carbamates (subject to hydrolysis) is 3. The first kappa shape index (κ1) is 27.3.